The maximum Gasteiger partial charge on any atom is 0.0580 e. The lowest BCUT2D eigenvalue weighted by atomic mass is 10.1. The van der Waals surface area contributed by atoms with Crippen LogP contribution in [0.25, 0.3) is 0 Å². The fourth-order valence-electron chi connectivity index (χ4n) is 0.358. The van der Waals surface area contributed by atoms with Gasteiger partial charge in [0, 0.05) is 13.0 Å². The molecule has 0 heterocycles. The molecule has 1 nitrogen and oxygen atoms in total. The van der Waals surface area contributed by atoms with E-state index < -0.39 is 0 Å². The highest BCUT2D eigenvalue weighted by atomic mass is 35.5. The molecule has 0 bridgehead atoms. The van der Waals surface area contributed by atoms with Crippen LogP contribution in [0.15, 0.2) is 0 Å². The number of alkyl halides is 1. The molecule has 0 saturated carbocycles. The van der Waals surface area contributed by atoms with Crippen LogP contribution in [0.4, 0.5) is 0 Å². The molecule has 0 aromatic rings. The maximum absolute atomic E-state index is 5.55. The second kappa shape index (κ2) is 4.16. The molecule has 0 fully saturated rings. The zero-order valence-corrected chi connectivity index (χ0v) is 6.40. The Morgan fingerprint density at radius 3 is 2.12 bits per heavy atom. The van der Waals surface area contributed by atoms with Crippen LogP contribution >= 0.6 is 11.6 Å². The van der Waals surface area contributed by atoms with Crippen LogP contribution in [0.5, 0.6) is 0 Å². The monoisotopic (exact) mass is 136 g/mol. The van der Waals surface area contributed by atoms with E-state index in [1.165, 1.54) is 0 Å². The lowest BCUT2D eigenvalue weighted by molar-refractivity contribution is 0.0816. The van der Waals surface area contributed by atoms with Gasteiger partial charge >= 0.3 is 0 Å². The largest absolute Gasteiger partial charge is 0.381 e. The minimum absolute atomic E-state index is 0.285. The number of methoxy groups -OCH3 is 1. The van der Waals surface area contributed by atoms with Crippen LogP contribution in [0.3, 0.4) is 0 Å². The van der Waals surface area contributed by atoms with Gasteiger partial charge in [0.15, 0.2) is 0 Å². The number of ether oxygens (including phenoxy) is 1. The van der Waals surface area contributed by atoms with Crippen molar-refractivity contribution in [2.45, 2.75) is 20.0 Å². The van der Waals surface area contributed by atoms with Gasteiger partial charge in [-0.3, -0.25) is 0 Å². The first-order valence-electron chi connectivity index (χ1n) is 2.81. The fraction of sp³-hybridized carbons (Fsp3) is 1.00. The zero-order valence-electron chi connectivity index (χ0n) is 5.65. The third kappa shape index (κ3) is 2.53. The summed E-state index contributed by atoms with van der Waals surface area (Å²) in [5.41, 5.74) is 0. The molecule has 2 unspecified atom stereocenters. The molecule has 0 aromatic carbocycles. The summed E-state index contributed by atoms with van der Waals surface area (Å²) in [6.45, 7) is 4.09. The Morgan fingerprint density at radius 1 is 1.50 bits per heavy atom. The van der Waals surface area contributed by atoms with Crippen LogP contribution in [-0.2, 0) is 4.74 Å². The van der Waals surface area contributed by atoms with Crippen LogP contribution in [0.2, 0.25) is 0 Å². The first kappa shape index (κ1) is 8.25. The van der Waals surface area contributed by atoms with E-state index in [1.807, 2.05) is 6.92 Å². The second-order valence-corrected chi connectivity index (χ2v) is 2.38. The standard InChI is InChI=1S/C6H13ClO/c1-5(4-7)6(2)8-3/h5-6H,4H2,1-3H3. The second-order valence-electron chi connectivity index (χ2n) is 2.07. The van der Waals surface area contributed by atoms with Crippen LogP contribution in [0.1, 0.15) is 13.8 Å². The Hall–Kier alpha value is 0.250. The fourth-order valence-corrected chi connectivity index (χ4v) is 0.609. The van der Waals surface area contributed by atoms with Gasteiger partial charge in [-0.05, 0) is 12.8 Å². The minimum Gasteiger partial charge on any atom is -0.381 e. The van der Waals surface area contributed by atoms with Gasteiger partial charge in [0.25, 0.3) is 0 Å². The van der Waals surface area contributed by atoms with E-state index in [0.717, 1.165) is 0 Å². The van der Waals surface area contributed by atoms with E-state index in [1.54, 1.807) is 7.11 Å². The van der Waals surface area contributed by atoms with Crippen molar-refractivity contribution in [3.8, 4) is 0 Å². The topological polar surface area (TPSA) is 9.23 Å². The van der Waals surface area contributed by atoms with Crippen LogP contribution < -0.4 is 0 Å². The van der Waals surface area contributed by atoms with Crippen molar-refractivity contribution in [3.63, 3.8) is 0 Å². The van der Waals surface area contributed by atoms with Gasteiger partial charge in [0.05, 0.1) is 6.10 Å². The average Bonchev–Trinajstić information content (AvgIpc) is 1.84. The van der Waals surface area contributed by atoms with E-state index in [-0.39, 0.29) is 6.10 Å². The molecule has 0 aliphatic rings. The van der Waals surface area contributed by atoms with Gasteiger partial charge < -0.3 is 4.74 Å². The average molecular weight is 137 g/mol. The number of rotatable bonds is 3. The van der Waals surface area contributed by atoms with Gasteiger partial charge in [-0.2, -0.15) is 0 Å². The molecular formula is C6H13ClO. The van der Waals surface area contributed by atoms with Crippen molar-refractivity contribution in [2.75, 3.05) is 13.0 Å². The number of hydrogen-bond acceptors (Lipinski definition) is 1. The minimum atomic E-state index is 0.285. The third-order valence-electron chi connectivity index (χ3n) is 1.42. The van der Waals surface area contributed by atoms with Crippen molar-refractivity contribution in [1.82, 2.24) is 0 Å². The van der Waals surface area contributed by atoms with Crippen LogP contribution in [-0.4, -0.2) is 19.1 Å². The summed E-state index contributed by atoms with van der Waals surface area (Å²) < 4.78 is 5.02. The molecule has 0 aliphatic heterocycles. The summed E-state index contributed by atoms with van der Waals surface area (Å²) >= 11 is 5.55. The Morgan fingerprint density at radius 2 is 2.00 bits per heavy atom. The highest BCUT2D eigenvalue weighted by Gasteiger charge is 2.07. The summed E-state index contributed by atoms with van der Waals surface area (Å²) in [5.74, 6) is 1.14. The Balaban J connectivity index is 3.29. The molecule has 8 heavy (non-hydrogen) atoms. The molecule has 0 N–H and O–H groups in total. The van der Waals surface area contributed by atoms with Gasteiger partial charge in [0.2, 0.25) is 0 Å². The van der Waals surface area contributed by atoms with Crippen molar-refractivity contribution in [2.24, 2.45) is 5.92 Å². The molecule has 0 saturated heterocycles. The molecule has 0 rings (SSSR count). The van der Waals surface area contributed by atoms with Gasteiger partial charge in [-0.25, -0.2) is 0 Å². The molecule has 2 atom stereocenters. The quantitative estimate of drug-likeness (QED) is 0.539. The smallest absolute Gasteiger partial charge is 0.0580 e. The van der Waals surface area contributed by atoms with Gasteiger partial charge in [-0.1, -0.05) is 6.92 Å². The summed E-state index contributed by atoms with van der Waals surface area (Å²) in [6.07, 6.45) is 0.285. The highest BCUT2D eigenvalue weighted by molar-refractivity contribution is 6.18. The van der Waals surface area contributed by atoms with Crippen molar-refractivity contribution >= 4 is 11.6 Å². The summed E-state index contributed by atoms with van der Waals surface area (Å²) in [6, 6.07) is 0. The molecule has 0 radical (unpaired) electrons. The van der Waals surface area contributed by atoms with E-state index in [0.29, 0.717) is 11.8 Å². The molecule has 50 valence electrons. The van der Waals surface area contributed by atoms with Crippen LogP contribution in [0, 0.1) is 5.92 Å². The Labute approximate surface area is 56.0 Å². The lowest BCUT2D eigenvalue weighted by Gasteiger charge is -2.14. The van der Waals surface area contributed by atoms with E-state index in [2.05, 4.69) is 6.92 Å². The van der Waals surface area contributed by atoms with E-state index in [9.17, 15) is 0 Å². The summed E-state index contributed by atoms with van der Waals surface area (Å²) in [5, 5.41) is 0. The molecule has 0 aromatic heterocycles. The molecule has 0 amide bonds. The normalized spacial score (nSPS) is 18.0. The summed E-state index contributed by atoms with van der Waals surface area (Å²) in [4.78, 5) is 0. The van der Waals surface area contributed by atoms with Crippen molar-refractivity contribution in [3.05, 3.63) is 0 Å². The van der Waals surface area contributed by atoms with Gasteiger partial charge in [0.1, 0.15) is 0 Å². The van der Waals surface area contributed by atoms with E-state index >= 15 is 0 Å². The third-order valence-corrected chi connectivity index (χ3v) is 1.90. The Kier molecular flexibility index (Phi) is 4.29. The van der Waals surface area contributed by atoms with Crippen molar-refractivity contribution in [1.29, 1.82) is 0 Å². The summed E-state index contributed by atoms with van der Waals surface area (Å²) in [7, 11) is 1.70. The molecule has 2 heteroatoms. The first-order valence-corrected chi connectivity index (χ1v) is 3.34. The van der Waals surface area contributed by atoms with E-state index in [4.69, 9.17) is 16.3 Å². The highest BCUT2D eigenvalue weighted by Crippen LogP contribution is 2.06. The first-order chi connectivity index (χ1) is 3.72. The predicted molar refractivity (Wildman–Crippen MR) is 36.4 cm³/mol. The molecule has 0 spiro atoms. The zero-order chi connectivity index (χ0) is 6.57. The number of hydrogen-bond donors (Lipinski definition) is 0. The van der Waals surface area contributed by atoms with Gasteiger partial charge in [-0.15, -0.1) is 11.6 Å². The van der Waals surface area contributed by atoms with Crippen molar-refractivity contribution < 1.29 is 4.74 Å². The predicted octanol–water partition coefficient (Wildman–Crippen LogP) is 1.90. The Bertz CT molecular complexity index is 48.5. The molecule has 0 aliphatic carbocycles. The number of halogens is 1. The lowest BCUT2D eigenvalue weighted by Crippen LogP contribution is -2.16. The molecular weight excluding hydrogens is 124 g/mol. The SMILES string of the molecule is COC(C)C(C)CCl. The maximum atomic E-state index is 5.55.